The van der Waals surface area contributed by atoms with E-state index in [0.29, 0.717) is 23.9 Å². The maximum Gasteiger partial charge on any atom is 0.328 e. The minimum absolute atomic E-state index is 0.0659. The average Bonchev–Trinajstić information content (AvgIpc) is 2.85. The molecule has 1 aliphatic heterocycles. The zero-order valence-corrected chi connectivity index (χ0v) is 21.8. The first-order valence-electron chi connectivity index (χ1n) is 11.8. The Balaban J connectivity index is 1.15. The number of amides is 1. The third kappa shape index (κ3) is 6.74. The van der Waals surface area contributed by atoms with Gasteiger partial charge in [0, 0.05) is 60.9 Å². The maximum atomic E-state index is 12.7. The molecule has 0 saturated carbocycles. The lowest BCUT2D eigenvalue weighted by atomic mass is 10.2. The van der Waals surface area contributed by atoms with Gasteiger partial charge in [0.2, 0.25) is 5.91 Å². The number of aromatic nitrogens is 2. The van der Waals surface area contributed by atoms with Gasteiger partial charge in [-0.25, -0.2) is 4.79 Å². The first kappa shape index (κ1) is 25.5. The van der Waals surface area contributed by atoms with Gasteiger partial charge in [0.25, 0.3) is 5.56 Å². The molecule has 1 saturated heterocycles. The molecule has 4 rings (SSSR count). The number of nitrogens with one attached hydrogen (secondary N) is 2. The van der Waals surface area contributed by atoms with Crippen LogP contribution in [0.3, 0.4) is 0 Å². The second-order valence-corrected chi connectivity index (χ2v) is 10.0. The van der Waals surface area contributed by atoms with Crippen molar-refractivity contribution in [3.8, 4) is 0 Å². The zero-order valence-electron chi connectivity index (χ0n) is 19.4. The minimum atomic E-state index is -0.458. The summed E-state index contributed by atoms with van der Waals surface area (Å²) in [5.41, 5.74) is 0.856. The molecule has 8 nitrogen and oxygen atoms in total. The van der Waals surface area contributed by atoms with E-state index in [9.17, 15) is 14.4 Å². The highest BCUT2D eigenvalue weighted by atomic mass is 79.9. The van der Waals surface area contributed by atoms with Crippen molar-refractivity contribution in [2.75, 3.05) is 44.2 Å². The molecule has 2 aromatic carbocycles. The van der Waals surface area contributed by atoms with E-state index in [1.54, 1.807) is 18.2 Å². The number of halogens is 2. The van der Waals surface area contributed by atoms with Gasteiger partial charge < -0.3 is 15.2 Å². The Labute approximate surface area is 217 Å². The molecule has 1 aliphatic rings. The molecule has 0 bridgehead atoms. The van der Waals surface area contributed by atoms with Gasteiger partial charge in [-0.15, -0.1) is 0 Å². The number of anilines is 1. The number of rotatable bonds is 9. The quantitative estimate of drug-likeness (QED) is 0.391. The van der Waals surface area contributed by atoms with E-state index in [2.05, 4.69) is 42.1 Å². The van der Waals surface area contributed by atoms with Gasteiger partial charge in [-0.05, 0) is 55.8 Å². The molecule has 10 heteroatoms. The van der Waals surface area contributed by atoms with Gasteiger partial charge in [-0.1, -0.05) is 33.6 Å². The number of piperazine rings is 1. The first-order chi connectivity index (χ1) is 16.9. The minimum Gasteiger partial charge on any atom is -0.369 e. The molecule has 0 atom stereocenters. The summed E-state index contributed by atoms with van der Waals surface area (Å²) < 4.78 is 1.92. The Morgan fingerprint density at radius 2 is 1.83 bits per heavy atom. The standard InChI is InChI=1S/C25H29BrClN5O3/c26-18-7-8-22-21(16-18)24(34)32(25(35)29-22)11-2-6-23(33)28-9-3-10-30-12-14-31(15-13-30)20-5-1-4-19(27)17-20/h1,4-5,7-8,16-17H,2-3,6,9-15H2,(H,28,33)(H,29,35). The van der Waals surface area contributed by atoms with E-state index in [1.165, 1.54) is 0 Å². The maximum absolute atomic E-state index is 12.7. The number of benzene rings is 2. The van der Waals surface area contributed by atoms with Crippen LogP contribution >= 0.6 is 27.5 Å². The molecule has 2 heterocycles. The summed E-state index contributed by atoms with van der Waals surface area (Å²) in [6.07, 6.45) is 1.56. The topological polar surface area (TPSA) is 90.4 Å². The molecule has 186 valence electrons. The highest BCUT2D eigenvalue weighted by Crippen LogP contribution is 2.20. The summed E-state index contributed by atoms with van der Waals surface area (Å²) in [5, 5.41) is 4.14. The second-order valence-electron chi connectivity index (χ2n) is 8.69. The molecular weight excluding hydrogens is 534 g/mol. The number of hydrogen-bond acceptors (Lipinski definition) is 5. The van der Waals surface area contributed by atoms with E-state index in [1.807, 2.05) is 18.2 Å². The predicted molar refractivity (Wildman–Crippen MR) is 143 cm³/mol. The van der Waals surface area contributed by atoms with Crippen molar-refractivity contribution in [3.05, 3.63) is 72.8 Å². The largest absolute Gasteiger partial charge is 0.369 e. The molecule has 0 spiro atoms. The summed E-state index contributed by atoms with van der Waals surface area (Å²) in [6, 6.07) is 13.1. The highest BCUT2D eigenvalue weighted by molar-refractivity contribution is 9.10. The van der Waals surface area contributed by atoms with Crippen molar-refractivity contribution < 1.29 is 4.79 Å². The fourth-order valence-electron chi connectivity index (χ4n) is 4.34. The lowest BCUT2D eigenvalue weighted by Crippen LogP contribution is -2.47. The Morgan fingerprint density at radius 3 is 2.60 bits per heavy atom. The second kappa shape index (κ2) is 11.9. The van der Waals surface area contributed by atoms with Crippen LogP contribution in [0.5, 0.6) is 0 Å². The summed E-state index contributed by atoms with van der Waals surface area (Å²) in [6.45, 7) is 5.60. The molecule has 1 amide bonds. The lowest BCUT2D eigenvalue weighted by molar-refractivity contribution is -0.121. The van der Waals surface area contributed by atoms with Crippen molar-refractivity contribution in [2.45, 2.75) is 25.8 Å². The third-order valence-corrected chi connectivity index (χ3v) is 6.98. The molecule has 1 fully saturated rings. The van der Waals surface area contributed by atoms with Gasteiger partial charge in [0.05, 0.1) is 10.9 Å². The molecule has 35 heavy (non-hydrogen) atoms. The third-order valence-electron chi connectivity index (χ3n) is 6.25. The Morgan fingerprint density at radius 1 is 1.03 bits per heavy atom. The zero-order chi connectivity index (χ0) is 24.8. The van der Waals surface area contributed by atoms with Crippen LogP contribution in [-0.4, -0.2) is 59.6 Å². The molecule has 0 radical (unpaired) electrons. The molecule has 0 unspecified atom stereocenters. The van der Waals surface area contributed by atoms with E-state index >= 15 is 0 Å². The van der Waals surface area contributed by atoms with E-state index in [0.717, 1.165) is 58.9 Å². The Hall–Kier alpha value is -2.62. The van der Waals surface area contributed by atoms with Gasteiger partial charge in [0.15, 0.2) is 0 Å². The van der Waals surface area contributed by atoms with Crippen molar-refractivity contribution in [2.24, 2.45) is 0 Å². The molecule has 3 aromatic rings. The SMILES string of the molecule is O=C(CCCn1c(=O)[nH]c2ccc(Br)cc2c1=O)NCCCN1CCN(c2cccc(Cl)c2)CC1. The molecule has 2 N–H and O–H groups in total. The van der Waals surface area contributed by atoms with E-state index in [-0.39, 0.29) is 24.4 Å². The Bertz CT molecular complexity index is 1300. The van der Waals surface area contributed by atoms with Gasteiger partial charge in [-0.3, -0.25) is 19.1 Å². The lowest BCUT2D eigenvalue weighted by Gasteiger charge is -2.36. The number of aromatic amines is 1. The number of fused-ring (bicyclic) bond motifs is 1. The van der Waals surface area contributed by atoms with E-state index in [4.69, 9.17) is 11.6 Å². The van der Waals surface area contributed by atoms with Crippen LogP contribution in [0, 0.1) is 0 Å². The van der Waals surface area contributed by atoms with Crippen molar-refractivity contribution in [3.63, 3.8) is 0 Å². The van der Waals surface area contributed by atoms with Gasteiger partial charge in [-0.2, -0.15) is 0 Å². The van der Waals surface area contributed by atoms with Gasteiger partial charge >= 0.3 is 5.69 Å². The van der Waals surface area contributed by atoms with E-state index < -0.39 is 5.69 Å². The smallest absolute Gasteiger partial charge is 0.328 e. The molecular formula is C25H29BrClN5O3. The summed E-state index contributed by atoms with van der Waals surface area (Å²) in [5.74, 6) is -0.0659. The molecule has 1 aromatic heterocycles. The predicted octanol–water partition coefficient (Wildman–Crippen LogP) is 3.21. The van der Waals surface area contributed by atoms with Crippen molar-refractivity contribution >= 4 is 50.0 Å². The first-order valence-corrected chi connectivity index (χ1v) is 13.0. The van der Waals surface area contributed by atoms with Crippen LogP contribution in [0.4, 0.5) is 5.69 Å². The number of carbonyl (C=O) groups excluding carboxylic acids is 1. The van der Waals surface area contributed by atoms with Crippen LogP contribution in [0.25, 0.3) is 10.9 Å². The number of nitrogens with zero attached hydrogens (tertiary/aromatic N) is 3. The fraction of sp³-hybridized carbons (Fsp3) is 0.400. The van der Waals surface area contributed by atoms with Gasteiger partial charge in [0.1, 0.15) is 0 Å². The Kier molecular flexibility index (Phi) is 8.64. The van der Waals surface area contributed by atoms with Crippen molar-refractivity contribution in [1.82, 2.24) is 19.8 Å². The highest BCUT2D eigenvalue weighted by Gasteiger charge is 2.17. The monoisotopic (exact) mass is 561 g/mol. The van der Waals surface area contributed by atoms with Crippen LogP contribution in [0.2, 0.25) is 5.02 Å². The summed E-state index contributed by atoms with van der Waals surface area (Å²) >= 11 is 9.45. The average molecular weight is 563 g/mol. The number of carbonyl (C=O) groups is 1. The fourth-order valence-corrected chi connectivity index (χ4v) is 4.89. The normalized spacial score (nSPS) is 14.4. The van der Waals surface area contributed by atoms with Crippen LogP contribution in [0.1, 0.15) is 19.3 Å². The number of hydrogen-bond donors (Lipinski definition) is 2. The van der Waals surface area contributed by atoms with Crippen LogP contribution < -0.4 is 21.5 Å². The van der Waals surface area contributed by atoms with Crippen LogP contribution in [0.15, 0.2) is 56.5 Å². The summed E-state index contributed by atoms with van der Waals surface area (Å²) in [4.78, 5) is 44.6. The number of H-pyrrole nitrogens is 1. The van der Waals surface area contributed by atoms with Crippen molar-refractivity contribution in [1.29, 1.82) is 0 Å². The molecule has 0 aliphatic carbocycles. The summed E-state index contributed by atoms with van der Waals surface area (Å²) in [7, 11) is 0. The van der Waals surface area contributed by atoms with Crippen LogP contribution in [-0.2, 0) is 11.3 Å².